The van der Waals surface area contributed by atoms with Crippen LogP contribution in [0.4, 0.5) is 17.6 Å². The number of hydrogen-bond acceptors (Lipinski definition) is 4. The third kappa shape index (κ3) is 4.53. The highest BCUT2D eigenvalue weighted by Gasteiger charge is 2.62. The average Bonchev–Trinajstić information content (AvgIpc) is 2.25. The second-order valence-electron chi connectivity index (χ2n) is 3.92. The van der Waals surface area contributed by atoms with Gasteiger partial charge in [0.25, 0.3) is 0 Å². The van der Waals surface area contributed by atoms with Gasteiger partial charge in [-0.15, -0.1) is 0 Å². The Bertz CT molecular complexity index is 422. The molecule has 0 rings (SSSR count). The molecule has 114 valence electrons. The summed E-state index contributed by atoms with van der Waals surface area (Å²) in [5.74, 6) is -6.18. The Balaban J connectivity index is 4.61. The maximum atomic E-state index is 13.1. The second-order valence-corrected chi connectivity index (χ2v) is 6.74. The fourth-order valence-corrected chi connectivity index (χ4v) is 1.77. The quantitative estimate of drug-likeness (QED) is 0.575. The lowest BCUT2D eigenvalue weighted by Crippen LogP contribution is -2.47. The topological polar surface area (TPSA) is 63.6 Å². The molecule has 0 aliphatic rings. The van der Waals surface area contributed by atoms with E-state index in [9.17, 15) is 26.6 Å². The lowest BCUT2D eigenvalue weighted by atomic mass is 10.1. The molecular weight excluding hydrogens is 312 g/mol. The molecule has 0 aromatic heterocycles. The zero-order chi connectivity index (χ0) is 15.5. The zero-order valence-electron chi connectivity index (χ0n) is 10.2. The van der Waals surface area contributed by atoms with Crippen molar-refractivity contribution in [2.24, 2.45) is 5.92 Å². The van der Waals surface area contributed by atoms with Crippen LogP contribution in [0.1, 0.15) is 26.7 Å². The fraction of sp³-hybridized carbons (Fsp3) is 0.889. The molecule has 1 N–H and O–H groups in total. The van der Waals surface area contributed by atoms with Crippen molar-refractivity contribution in [1.82, 2.24) is 0 Å². The molecule has 2 atom stereocenters. The van der Waals surface area contributed by atoms with E-state index in [0.29, 0.717) is 6.42 Å². The number of hydrogen-bond donors (Lipinski definition) is 1. The van der Waals surface area contributed by atoms with Crippen LogP contribution in [0.5, 0.6) is 0 Å². The summed E-state index contributed by atoms with van der Waals surface area (Å²) < 4.78 is 75.4. The summed E-state index contributed by atoms with van der Waals surface area (Å²) >= 11 is 3.48. The summed E-state index contributed by atoms with van der Waals surface area (Å²) in [6, 6.07) is 0. The summed E-state index contributed by atoms with van der Waals surface area (Å²) in [6.07, 6.45) is -1.18. The van der Waals surface area contributed by atoms with Crippen molar-refractivity contribution < 1.29 is 35.9 Å². The number of esters is 1. The van der Waals surface area contributed by atoms with Crippen LogP contribution in [0.15, 0.2) is 0 Å². The maximum absolute atomic E-state index is 13.1. The van der Waals surface area contributed by atoms with E-state index in [-0.39, 0.29) is 0 Å². The minimum Gasteiger partial charge on any atom is -0.465 e. The molecule has 0 saturated heterocycles. The van der Waals surface area contributed by atoms with Crippen LogP contribution in [-0.4, -0.2) is 32.5 Å². The molecule has 0 fully saturated rings. The van der Waals surface area contributed by atoms with Crippen LogP contribution in [0.3, 0.4) is 0 Å². The average molecular weight is 326 g/mol. The second kappa shape index (κ2) is 6.31. The van der Waals surface area contributed by atoms with E-state index in [0.717, 1.165) is 0 Å². The molecule has 0 amide bonds. The van der Waals surface area contributed by atoms with Crippen molar-refractivity contribution in [2.45, 2.75) is 37.9 Å². The van der Waals surface area contributed by atoms with E-state index in [1.165, 1.54) is 6.92 Å². The summed E-state index contributed by atoms with van der Waals surface area (Å²) in [4.78, 5) is 11.1. The molecule has 0 aromatic carbocycles. The smallest absolute Gasteiger partial charge is 0.406 e. The fourth-order valence-electron chi connectivity index (χ4n) is 0.923. The molecular formula is C9H14F4O4S2. The van der Waals surface area contributed by atoms with Gasteiger partial charge in [0, 0.05) is 11.2 Å². The van der Waals surface area contributed by atoms with Crippen molar-refractivity contribution in [3.63, 3.8) is 0 Å². The van der Waals surface area contributed by atoms with Gasteiger partial charge in [0.2, 0.25) is 8.77 Å². The largest absolute Gasteiger partial charge is 0.465 e. The highest BCUT2D eigenvalue weighted by Crippen LogP contribution is 2.40. The number of carbonyl (C=O) groups excluding carboxylic acids is 1. The van der Waals surface area contributed by atoms with Crippen LogP contribution in [0.25, 0.3) is 0 Å². The number of halogens is 4. The Kier molecular flexibility index (Phi) is 6.15. The van der Waals surface area contributed by atoms with Gasteiger partial charge in [-0.2, -0.15) is 17.6 Å². The minimum absolute atomic E-state index is 0.405. The molecule has 0 spiro atoms. The highest BCUT2D eigenvalue weighted by molar-refractivity contribution is 8.30. The van der Waals surface area contributed by atoms with Gasteiger partial charge in [0.15, 0.2) is 0 Å². The van der Waals surface area contributed by atoms with E-state index in [2.05, 4.69) is 15.9 Å². The molecule has 0 saturated carbocycles. The first kappa shape index (κ1) is 18.5. The van der Waals surface area contributed by atoms with Crippen molar-refractivity contribution in [2.75, 3.05) is 6.61 Å². The molecule has 0 radical (unpaired) electrons. The molecule has 4 nitrogen and oxygen atoms in total. The van der Waals surface area contributed by atoms with Crippen LogP contribution in [0.2, 0.25) is 0 Å². The minimum atomic E-state index is -5.42. The van der Waals surface area contributed by atoms with Gasteiger partial charge in [-0.1, -0.05) is 13.8 Å². The predicted molar refractivity (Wildman–Crippen MR) is 63.1 cm³/mol. The van der Waals surface area contributed by atoms with Crippen LogP contribution >= 0.6 is 0 Å². The zero-order valence-corrected chi connectivity index (χ0v) is 11.8. The van der Waals surface area contributed by atoms with E-state index < -0.39 is 44.9 Å². The van der Waals surface area contributed by atoms with Crippen LogP contribution in [0, 0.1) is 5.92 Å². The van der Waals surface area contributed by atoms with E-state index in [4.69, 9.17) is 4.55 Å². The number of ether oxygens (including phenoxy) is 1. The molecule has 19 heavy (non-hydrogen) atoms. The van der Waals surface area contributed by atoms with Gasteiger partial charge in [0.1, 0.15) is 0 Å². The molecule has 0 bridgehead atoms. The van der Waals surface area contributed by atoms with Gasteiger partial charge >= 0.3 is 17.1 Å². The number of carbonyl (C=O) groups is 1. The number of alkyl halides is 4. The van der Waals surface area contributed by atoms with Gasteiger partial charge in [-0.05, 0) is 6.42 Å². The summed E-state index contributed by atoms with van der Waals surface area (Å²) in [5, 5.41) is -5.27. The molecule has 0 aliphatic carbocycles. The van der Waals surface area contributed by atoms with Crippen molar-refractivity contribution in [3.8, 4) is 0 Å². The Morgan fingerprint density at radius 3 is 2.26 bits per heavy atom. The standard InChI is InChI=1S/C9H14F4O4S2/c1-3-6(2)7(14)17-5-4-8(10,11)9(12,13)19(15,16)18/h6H,3-5H2,1-2H3,(H,15,16,18). The third-order valence-corrected chi connectivity index (χ3v) is 4.00. The SMILES string of the molecule is CCC(C)C(=O)OCCC(F)(F)C(F)(F)S(=O)(O)=S. The monoisotopic (exact) mass is 326 g/mol. The third-order valence-electron chi connectivity index (χ3n) is 2.42. The van der Waals surface area contributed by atoms with Crippen LogP contribution in [-0.2, 0) is 29.5 Å². The Hall–Kier alpha value is -0.480. The molecule has 0 aliphatic heterocycles. The normalized spacial score (nSPS) is 17.6. The lowest BCUT2D eigenvalue weighted by molar-refractivity contribution is -0.174. The van der Waals surface area contributed by atoms with Gasteiger partial charge in [0.05, 0.1) is 18.9 Å². The molecule has 0 heterocycles. The lowest BCUT2D eigenvalue weighted by Gasteiger charge is -2.25. The van der Waals surface area contributed by atoms with E-state index in [1.807, 2.05) is 0 Å². The number of rotatable bonds is 7. The predicted octanol–water partition coefficient (Wildman–Crippen LogP) is 2.41. The molecule has 10 heteroatoms. The summed E-state index contributed by atoms with van der Waals surface area (Å²) in [6.45, 7) is 2.16. The first-order valence-electron chi connectivity index (χ1n) is 5.26. The Labute approximate surface area is 113 Å². The Morgan fingerprint density at radius 2 is 1.89 bits per heavy atom. The van der Waals surface area contributed by atoms with Crippen LogP contribution < -0.4 is 0 Å². The summed E-state index contributed by atoms with van der Waals surface area (Å²) in [7, 11) is -5.42. The molecule has 2 unspecified atom stereocenters. The maximum Gasteiger partial charge on any atom is 0.406 e. The highest BCUT2D eigenvalue weighted by atomic mass is 32.8. The van der Waals surface area contributed by atoms with Crippen molar-refractivity contribution in [1.29, 1.82) is 0 Å². The van der Waals surface area contributed by atoms with Gasteiger partial charge in [-0.3, -0.25) is 4.79 Å². The summed E-state index contributed by atoms with van der Waals surface area (Å²) in [5.41, 5.74) is 0. The van der Waals surface area contributed by atoms with Gasteiger partial charge < -0.3 is 9.29 Å². The molecule has 0 aromatic rings. The first-order chi connectivity index (χ1) is 8.37. The van der Waals surface area contributed by atoms with Gasteiger partial charge in [-0.25, -0.2) is 4.21 Å². The van der Waals surface area contributed by atoms with Crippen molar-refractivity contribution >= 4 is 25.9 Å². The first-order valence-corrected chi connectivity index (χ1v) is 7.70. The van der Waals surface area contributed by atoms with E-state index >= 15 is 0 Å². The Morgan fingerprint density at radius 1 is 1.42 bits per heavy atom. The van der Waals surface area contributed by atoms with E-state index in [1.54, 1.807) is 6.92 Å². The van der Waals surface area contributed by atoms with Crippen molar-refractivity contribution in [3.05, 3.63) is 0 Å².